The summed E-state index contributed by atoms with van der Waals surface area (Å²) < 4.78 is 5.76. The molecule has 0 spiro atoms. The van der Waals surface area contributed by atoms with Crippen LogP contribution < -0.4 is 5.73 Å². The lowest BCUT2D eigenvalue weighted by molar-refractivity contribution is 0.528. The summed E-state index contributed by atoms with van der Waals surface area (Å²) in [7, 11) is 0. The Bertz CT molecular complexity index is 796. The monoisotopic (exact) mass is 313 g/mol. The number of halogens is 1. The average Bonchev–Trinajstić information content (AvgIpc) is 2.96. The van der Waals surface area contributed by atoms with Gasteiger partial charge >= 0.3 is 0 Å². The van der Waals surface area contributed by atoms with Crippen molar-refractivity contribution in [3.05, 3.63) is 60.0 Å². The maximum absolute atomic E-state index is 5.76. The number of aryl methyl sites for hydroxylation is 2. The van der Waals surface area contributed by atoms with Gasteiger partial charge in [0.2, 0.25) is 0 Å². The topological polar surface area (TPSA) is 64.4 Å². The van der Waals surface area contributed by atoms with Crippen LogP contribution in [0.15, 0.2) is 57.9 Å². The van der Waals surface area contributed by atoms with Crippen LogP contribution in [0.3, 0.4) is 0 Å². The minimum absolute atomic E-state index is 0.208. The summed E-state index contributed by atoms with van der Waals surface area (Å²) in [5.41, 5.74) is 9.18. The maximum Gasteiger partial charge on any atom is 0.195 e. The third-order valence-electron chi connectivity index (χ3n) is 3.30. The lowest BCUT2D eigenvalue weighted by Gasteiger charge is -1.96. The molecular formula is C17H16ClN3O. The van der Waals surface area contributed by atoms with Gasteiger partial charge in [0, 0.05) is 6.42 Å². The van der Waals surface area contributed by atoms with E-state index in [1.54, 1.807) is 0 Å². The van der Waals surface area contributed by atoms with Gasteiger partial charge in [-0.1, -0.05) is 30.3 Å². The quantitative estimate of drug-likeness (QED) is 0.442. The highest BCUT2D eigenvalue weighted by Gasteiger charge is 2.07. The molecule has 4 nitrogen and oxygen atoms in total. The Balaban J connectivity index is 1.78. The second-order valence-electron chi connectivity index (χ2n) is 4.98. The number of hydrogen-bond acceptors (Lipinski definition) is 3. The summed E-state index contributed by atoms with van der Waals surface area (Å²) in [5.74, 6) is 1.32. The maximum atomic E-state index is 5.76. The Kier molecular flexibility index (Phi) is 4.39. The van der Waals surface area contributed by atoms with Crippen LogP contribution in [0, 0.1) is 0 Å². The van der Waals surface area contributed by atoms with Crippen molar-refractivity contribution in [2.45, 2.75) is 12.8 Å². The lowest BCUT2D eigenvalue weighted by atomic mass is 10.1. The van der Waals surface area contributed by atoms with E-state index in [1.165, 1.54) is 5.56 Å². The third kappa shape index (κ3) is 3.46. The molecule has 0 unspecified atom stereocenters. The minimum Gasteiger partial charge on any atom is -0.441 e. The van der Waals surface area contributed by atoms with Crippen molar-refractivity contribution in [2.24, 2.45) is 10.7 Å². The van der Waals surface area contributed by atoms with Crippen molar-refractivity contribution >= 4 is 34.2 Å². The van der Waals surface area contributed by atoms with Crippen molar-refractivity contribution in [1.29, 1.82) is 0 Å². The van der Waals surface area contributed by atoms with Crippen LogP contribution in [0.5, 0.6) is 0 Å². The van der Waals surface area contributed by atoms with E-state index < -0.39 is 0 Å². The van der Waals surface area contributed by atoms with Gasteiger partial charge in [0.1, 0.15) is 11.4 Å². The molecule has 3 aromatic rings. The van der Waals surface area contributed by atoms with Gasteiger partial charge in [-0.3, -0.25) is 0 Å². The van der Waals surface area contributed by atoms with Gasteiger partial charge in [-0.25, -0.2) is 9.98 Å². The van der Waals surface area contributed by atoms with Gasteiger partial charge in [0.05, 0.1) is 11.6 Å². The number of nitrogens with zero attached hydrogens (tertiary/aromatic N) is 2. The van der Waals surface area contributed by atoms with Crippen LogP contribution in [-0.4, -0.2) is 16.7 Å². The van der Waals surface area contributed by atoms with Crippen molar-refractivity contribution in [3.8, 4) is 0 Å². The van der Waals surface area contributed by atoms with E-state index in [9.17, 15) is 0 Å². The summed E-state index contributed by atoms with van der Waals surface area (Å²) >= 11 is 5.63. The molecule has 0 radical (unpaired) electrons. The molecule has 0 aliphatic carbocycles. The third-order valence-corrected chi connectivity index (χ3v) is 3.57. The first-order valence-electron chi connectivity index (χ1n) is 7.07. The molecule has 0 fully saturated rings. The Labute approximate surface area is 133 Å². The van der Waals surface area contributed by atoms with E-state index in [4.69, 9.17) is 21.8 Å². The van der Waals surface area contributed by atoms with Gasteiger partial charge < -0.3 is 10.2 Å². The summed E-state index contributed by atoms with van der Waals surface area (Å²) in [4.78, 5) is 8.72. The van der Waals surface area contributed by atoms with E-state index in [0.717, 1.165) is 35.5 Å². The number of hydrogen-bond donors (Lipinski definition) is 1. The molecule has 0 bridgehead atoms. The number of aliphatic imine (C=N–C) groups is 1. The van der Waals surface area contributed by atoms with Crippen LogP contribution in [0.1, 0.15) is 11.5 Å². The zero-order chi connectivity index (χ0) is 15.4. The fourth-order valence-electron chi connectivity index (χ4n) is 2.23. The van der Waals surface area contributed by atoms with E-state index in [1.807, 2.05) is 36.4 Å². The fourth-order valence-corrected chi connectivity index (χ4v) is 2.29. The summed E-state index contributed by atoms with van der Waals surface area (Å²) in [5, 5.41) is 0. The number of amidine groups is 1. The van der Waals surface area contributed by atoms with Gasteiger partial charge in [0.25, 0.3) is 0 Å². The molecule has 2 N–H and O–H groups in total. The van der Waals surface area contributed by atoms with E-state index in [2.05, 4.69) is 22.1 Å². The zero-order valence-electron chi connectivity index (χ0n) is 12.0. The zero-order valence-corrected chi connectivity index (χ0v) is 12.8. The number of aromatic nitrogens is 1. The van der Waals surface area contributed by atoms with Crippen molar-refractivity contribution in [1.82, 2.24) is 4.98 Å². The van der Waals surface area contributed by atoms with Gasteiger partial charge in [-0.05, 0) is 30.2 Å². The second-order valence-corrected chi connectivity index (χ2v) is 5.25. The van der Waals surface area contributed by atoms with E-state index >= 15 is 0 Å². The molecular weight excluding hydrogens is 298 g/mol. The number of oxazole rings is 1. The van der Waals surface area contributed by atoms with Crippen molar-refractivity contribution < 1.29 is 4.42 Å². The van der Waals surface area contributed by atoms with Crippen LogP contribution in [0.25, 0.3) is 11.1 Å². The normalized spacial score (nSPS) is 12.0. The smallest absolute Gasteiger partial charge is 0.195 e. The molecule has 1 heterocycles. The Hall–Kier alpha value is -2.33. The molecule has 1 aromatic heterocycles. The summed E-state index contributed by atoms with van der Waals surface area (Å²) in [6.07, 6.45) is 1.67. The molecule has 0 aliphatic heterocycles. The largest absolute Gasteiger partial charge is 0.441 e. The molecule has 0 saturated carbocycles. The highest BCUT2D eigenvalue weighted by atomic mass is 35.5. The number of benzene rings is 2. The first-order chi connectivity index (χ1) is 10.7. The summed E-state index contributed by atoms with van der Waals surface area (Å²) in [6.45, 7) is 0. The molecule has 0 amide bonds. The predicted molar refractivity (Wildman–Crippen MR) is 89.9 cm³/mol. The molecule has 2 aromatic carbocycles. The van der Waals surface area contributed by atoms with Crippen LogP contribution in [0.4, 0.5) is 5.69 Å². The molecule has 0 aliphatic rings. The Morgan fingerprint density at radius 3 is 2.73 bits per heavy atom. The molecule has 112 valence electrons. The Morgan fingerprint density at radius 2 is 1.95 bits per heavy atom. The lowest BCUT2D eigenvalue weighted by Crippen LogP contribution is -2.12. The predicted octanol–water partition coefficient (Wildman–Crippen LogP) is 3.84. The average molecular weight is 314 g/mol. The van der Waals surface area contributed by atoms with E-state index in [0.29, 0.717) is 5.84 Å². The number of nitrogens with two attached hydrogens (primary N) is 1. The van der Waals surface area contributed by atoms with Crippen LogP contribution in [-0.2, 0) is 12.8 Å². The number of rotatable bonds is 5. The molecule has 5 heteroatoms. The standard InChI is InChI=1S/C17H16ClN3O/c18-11-16(19)20-13-7-8-15-14(10-13)21-17(22-15)9-6-12-4-2-1-3-5-12/h1-5,7-8,10H,6,9,11H2,(H2,19,20). The number of fused-ring (bicyclic) bond motifs is 1. The van der Waals surface area contributed by atoms with Crippen molar-refractivity contribution in [2.75, 3.05) is 5.88 Å². The molecule has 0 atom stereocenters. The Morgan fingerprint density at radius 1 is 1.14 bits per heavy atom. The second kappa shape index (κ2) is 6.62. The highest BCUT2D eigenvalue weighted by Crippen LogP contribution is 2.22. The van der Waals surface area contributed by atoms with Gasteiger partial charge in [0.15, 0.2) is 11.5 Å². The van der Waals surface area contributed by atoms with Gasteiger partial charge in [-0.15, -0.1) is 11.6 Å². The SMILES string of the molecule is NC(CCl)=Nc1ccc2oc(CCc3ccccc3)nc2c1. The fraction of sp³-hybridized carbons (Fsp3) is 0.176. The van der Waals surface area contributed by atoms with Crippen molar-refractivity contribution in [3.63, 3.8) is 0 Å². The summed E-state index contributed by atoms with van der Waals surface area (Å²) in [6, 6.07) is 15.8. The molecule has 3 rings (SSSR count). The van der Waals surface area contributed by atoms with E-state index in [-0.39, 0.29) is 5.88 Å². The molecule has 0 saturated heterocycles. The first kappa shape index (κ1) is 14.6. The highest BCUT2D eigenvalue weighted by molar-refractivity contribution is 6.28. The minimum atomic E-state index is 0.208. The first-order valence-corrected chi connectivity index (χ1v) is 7.60. The van der Waals surface area contributed by atoms with Crippen LogP contribution in [0.2, 0.25) is 0 Å². The van der Waals surface area contributed by atoms with Crippen LogP contribution >= 0.6 is 11.6 Å². The number of alkyl halides is 1. The van der Waals surface area contributed by atoms with Gasteiger partial charge in [-0.2, -0.15) is 0 Å². The molecule has 22 heavy (non-hydrogen) atoms.